The summed E-state index contributed by atoms with van der Waals surface area (Å²) in [5.74, 6) is 0.739. The van der Waals surface area contributed by atoms with E-state index in [9.17, 15) is 10.2 Å². The molecule has 4 nitrogen and oxygen atoms in total. The predicted octanol–water partition coefficient (Wildman–Crippen LogP) is 3.97. The van der Waals surface area contributed by atoms with Gasteiger partial charge in [-0.15, -0.1) is 0 Å². The van der Waals surface area contributed by atoms with E-state index in [-0.39, 0.29) is 0 Å². The Balaban J connectivity index is 1.70. The topological polar surface area (TPSA) is 46.9 Å². The van der Waals surface area contributed by atoms with Crippen molar-refractivity contribution in [2.75, 3.05) is 14.1 Å². The maximum atomic E-state index is 10.1. The molecule has 0 radical (unpaired) electrons. The number of benzene rings is 2. The van der Waals surface area contributed by atoms with Crippen molar-refractivity contribution in [3.05, 3.63) is 59.7 Å². The van der Waals surface area contributed by atoms with Gasteiger partial charge >= 0.3 is 0 Å². The lowest BCUT2D eigenvalue weighted by molar-refractivity contribution is 0.0685. The Bertz CT molecular complexity index is 657. The summed E-state index contributed by atoms with van der Waals surface area (Å²) in [5, 5.41) is 20.2. The first-order valence-corrected chi connectivity index (χ1v) is 9.50. The highest BCUT2D eigenvalue weighted by Gasteiger charge is 2.31. The number of hydrogen-bond acceptors (Lipinski definition) is 4. The van der Waals surface area contributed by atoms with Crippen LogP contribution in [0.4, 0.5) is 0 Å². The van der Waals surface area contributed by atoms with Gasteiger partial charge < -0.3 is 10.2 Å². The van der Waals surface area contributed by atoms with E-state index in [2.05, 4.69) is 23.9 Å². The zero-order chi connectivity index (χ0) is 18.5. The van der Waals surface area contributed by atoms with Gasteiger partial charge in [-0.05, 0) is 39.1 Å². The number of nitrogens with zero attached hydrogens (tertiary/aromatic N) is 2. The Labute approximate surface area is 156 Å². The van der Waals surface area contributed by atoms with Gasteiger partial charge in [0.2, 0.25) is 0 Å². The standard InChI is InChI=1S/C22H30N2O2/c1-23(15-17-9-3-7-13-21(17)25)19-11-5-6-12-20(19)24(2)16-18-10-4-8-14-22(18)26/h3-4,7-10,13-14,19-20,25-26H,5-6,11-12,15-16H2,1-2H3/t19-,20-/m0/s1. The van der Waals surface area contributed by atoms with Crippen LogP contribution in [0, 0.1) is 0 Å². The van der Waals surface area contributed by atoms with Crippen LogP contribution in [0.1, 0.15) is 36.8 Å². The lowest BCUT2D eigenvalue weighted by atomic mass is 9.88. The number of para-hydroxylation sites is 2. The quantitative estimate of drug-likeness (QED) is 0.824. The van der Waals surface area contributed by atoms with Crippen molar-refractivity contribution in [2.45, 2.75) is 50.9 Å². The van der Waals surface area contributed by atoms with Crippen molar-refractivity contribution in [2.24, 2.45) is 0 Å². The van der Waals surface area contributed by atoms with E-state index in [1.54, 1.807) is 12.1 Å². The van der Waals surface area contributed by atoms with E-state index >= 15 is 0 Å². The molecule has 140 valence electrons. The molecule has 0 heterocycles. The van der Waals surface area contributed by atoms with Gasteiger partial charge in [0, 0.05) is 36.3 Å². The number of phenols is 2. The number of hydrogen-bond donors (Lipinski definition) is 2. The lowest BCUT2D eigenvalue weighted by Crippen LogP contribution is -2.50. The molecule has 0 saturated heterocycles. The van der Waals surface area contributed by atoms with Crippen LogP contribution in [0.15, 0.2) is 48.5 Å². The zero-order valence-electron chi connectivity index (χ0n) is 15.8. The lowest BCUT2D eigenvalue weighted by Gasteiger charge is -2.42. The third kappa shape index (κ3) is 4.37. The molecule has 2 aromatic carbocycles. The van der Waals surface area contributed by atoms with E-state index < -0.39 is 0 Å². The van der Waals surface area contributed by atoms with E-state index in [1.165, 1.54) is 25.7 Å². The highest BCUT2D eigenvalue weighted by atomic mass is 16.3. The summed E-state index contributed by atoms with van der Waals surface area (Å²) < 4.78 is 0. The molecule has 0 amide bonds. The molecule has 1 saturated carbocycles. The van der Waals surface area contributed by atoms with Gasteiger partial charge in [0.25, 0.3) is 0 Å². The molecule has 2 atom stereocenters. The Morgan fingerprint density at radius 2 is 1.12 bits per heavy atom. The van der Waals surface area contributed by atoms with Crippen LogP contribution in [0.2, 0.25) is 0 Å². The SMILES string of the molecule is CN(Cc1ccccc1O)[C@H]1CCCC[C@@H]1N(C)Cc1ccccc1O. The van der Waals surface area contributed by atoms with Crippen molar-refractivity contribution < 1.29 is 10.2 Å². The minimum absolute atomic E-state index is 0.370. The van der Waals surface area contributed by atoms with Crippen LogP contribution in [0.5, 0.6) is 11.5 Å². The average molecular weight is 354 g/mol. The molecule has 1 fully saturated rings. The first kappa shape index (κ1) is 18.7. The summed E-state index contributed by atoms with van der Waals surface area (Å²) in [7, 11) is 4.31. The van der Waals surface area contributed by atoms with Crippen LogP contribution in [0.3, 0.4) is 0 Å². The second-order valence-corrected chi connectivity index (χ2v) is 7.51. The van der Waals surface area contributed by atoms with Gasteiger partial charge in [-0.3, -0.25) is 9.80 Å². The fraction of sp³-hybridized carbons (Fsp3) is 0.455. The summed E-state index contributed by atoms with van der Waals surface area (Å²) in [5.41, 5.74) is 1.95. The monoisotopic (exact) mass is 354 g/mol. The van der Waals surface area contributed by atoms with Crippen LogP contribution in [-0.2, 0) is 13.1 Å². The highest BCUT2D eigenvalue weighted by Crippen LogP contribution is 2.30. The van der Waals surface area contributed by atoms with Crippen LogP contribution in [0.25, 0.3) is 0 Å². The molecule has 3 rings (SSSR count). The Morgan fingerprint density at radius 1 is 0.731 bits per heavy atom. The van der Waals surface area contributed by atoms with Crippen LogP contribution >= 0.6 is 0 Å². The first-order chi connectivity index (χ1) is 12.6. The van der Waals surface area contributed by atoms with Gasteiger partial charge in [-0.1, -0.05) is 49.2 Å². The number of aromatic hydroxyl groups is 2. The number of phenolic OH excluding ortho intramolecular Hbond substituents is 2. The molecule has 0 aromatic heterocycles. The second kappa shape index (κ2) is 8.56. The Kier molecular flexibility index (Phi) is 6.17. The van der Waals surface area contributed by atoms with Gasteiger partial charge in [0.05, 0.1) is 0 Å². The van der Waals surface area contributed by atoms with Crippen molar-refractivity contribution >= 4 is 0 Å². The maximum absolute atomic E-state index is 10.1. The number of rotatable bonds is 6. The fourth-order valence-electron chi connectivity index (χ4n) is 4.18. The Hall–Kier alpha value is -2.04. The largest absolute Gasteiger partial charge is 0.508 e. The van der Waals surface area contributed by atoms with E-state index in [0.717, 1.165) is 24.2 Å². The van der Waals surface area contributed by atoms with Gasteiger partial charge in [0.1, 0.15) is 11.5 Å². The fourth-order valence-corrected chi connectivity index (χ4v) is 4.18. The van der Waals surface area contributed by atoms with Crippen LogP contribution < -0.4 is 0 Å². The average Bonchev–Trinajstić information content (AvgIpc) is 2.65. The summed E-state index contributed by atoms with van der Waals surface area (Å²) in [6, 6.07) is 16.1. The molecule has 2 N–H and O–H groups in total. The van der Waals surface area contributed by atoms with E-state index in [1.807, 2.05) is 36.4 Å². The minimum Gasteiger partial charge on any atom is -0.508 e. The molecular formula is C22H30N2O2. The van der Waals surface area contributed by atoms with Crippen molar-refractivity contribution in [1.29, 1.82) is 0 Å². The predicted molar refractivity (Wildman–Crippen MR) is 105 cm³/mol. The molecule has 0 bridgehead atoms. The van der Waals surface area contributed by atoms with Gasteiger partial charge in [-0.25, -0.2) is 0 Å². The maximum Gasteiger partial charge on any atom is 0.120 e. The third-order valence-electron chi connectivity index (χ3n) is 5.65. The summed E-state index contributed by atoms with van der Waals surface area (Å²) in [6.45, 7) is 1.50. The van der Waals surface area contributed by atoms with Crippen LogP contribution in [-0.4, -0.2) is 46.2 Å². The van der Waals surface area contributed by atoms with E-state index in [0.29, 0.717) is 23.6 Å². The summed E-state index contributed by atoms with van der Waals surface area (Å²) in [4.78, 5) is 4.75. The van der Waals surface area contributed by atoms with E-state index in [4.69, 9.17) is 0 Å². The summed E-state index contributed by atoms with van der Waals surface area (Å²) in [6.07, 6.45) is 4.83. The second-order valence-electron chi connectivity index (χ2n) is 7.51. The Morgan fingerprint density at radius 3 is 1.50 bits per heavy atom. The van der Waals surface area contributed by atoms with Crippen molar-refractivity contribution in [3.8, 4) is 11.5 Å². The molecule has 0 spiro atoms. The number of likely N-dealkylation sites (N-methyl/N-ethyl adjacent to an activating group) is 2. The molecule has 4 heteroatoms. The molecule has 26 heavy (non-hydrogen) atoms. The molecule has 2 aromatic rings. The smallest absolute Gasteiger partial charge is 0.120 e. The molecule has 0 aliphatic heterocycles. The van der Waals surface area contributed by atoms with Gasteiger partial charge in [0.15, 0.2) is 0 Å². The molecule has 1 aliphatic carbocycles. The molecule has 1 aliphatic rings. The van der Waals surface area contributed by atoms with Crippen molar-refractivity contribution in [1.82, 2.24) is 9.80 Å². The highest BCUT2D eigenvalue weighted by molar-refractivity contribution is 5.32. The zero-order valence-corrected chi connectivity index (χ0v) is 15.8. The van der Waals surface area contributed by atoms with Crippen molar-refractivity contribution in [3.63, 3.8) is 0 Å². The normalized spacial score (nSPS) is 20.6. The third-order valence-corrected chi connectivity index (χ3v) is 5.65. The minimum atomic E-state index is 0.370. The first-order valence-electron chi connectivity index (χ1n) is 9.50. The van der Waals surface area contributed by atoms with Gasteiger partial charge in [-0.2, -0.15) is 0 Å². The summed E-state index contributed by atoms with van der Waals surface area (Å²) >= 11 is 0. The molecule has 0 unspecified atom stereocenters. The molecular weight excluding hydrogens is 324 g/mol.